The van der Waals surface area contributed by atoms with Crippen LogP contribution in [0.5, 0.6) is 0 Å². The van der Waals surface area contributed by atoms with Crippen molar-refractivity contribution < 1.29 is 4.79 Å². The first-order chi connectivity index (χ1) is 10.1. The number of nitrogens with one attached hydrogen (secondary N) is 3. The second-order valence-electron chi connectivity index (χ2n) is 4.65. The molecule has 1 atom stereocenters. The van der Waals surface area contributed by atoms with Crippen molar-refractivity contribution in [1.82, 2.24) is 10.6 Å². The molecule has 1 amide bonds. The van der Waals surface area contributed by atoms with Gasteiger partial charge in [-0.2, -0.15) is 0 Å². The molecule has 0 saturated heterocycles. The molecule has 0 heterocycles. The van der Waals surface area contributed by atoms with E-state index < -0.39 is 0 Å². The van der Waals surface area contributed by atoms with Crippen LogP contribution in [0.4, 0.5) is 5.69 Å². The normalized spacial score (nSPS) is 11.6. The lowest BCUT2D eigenvalue weighted by atomic mass is 10.2. The van der Waals surface area contributed by atoms with Crippen LogP contribution in [0.1, 0.15) is 25.8 Å². The average molecular weight is 414 g/mol. The number of carbonyl (C=O) groups excluding carboxylic acids is 1. The first-order valence-corrected chi connectivity index (χ1v) is 6.92. The number of halogens is 1. The summed E-state index contributed by atoms with van der Waals surface area (Å²) in [6.07, 6.45) is 6.30. The quantitative estimate of drug-likeness (QED) is 0.300. The van der Waals surface area contributed by atoms with Crippen molar-refractivity contribution in [2.45, 2.75) is 26.3 Å². The van der Waals surface area contributed by atoms with E-state index in [0.717, 1.165) is 12.0 Å². The van der Waals surface area contributed by atoms with E-state index >= 15 is 0 Å². The van der Waals surface area contributed by atoms with Crippen LogP contribution in [0.15, 0.2) is 29.3 Å². The number of aliphatic imine (C=N–C) groups is 1. The van der Waals surface area contributed by atoms with Gasteiger partial charge in [-0.1, -0.05) is 18.9 Å². The van der Waals surface area contributed by atoms with Crippen LogP contribution in [0.3, 0.4) is 0 Å². The number of hydrogen-bond donors (Lipinski definition) is 3. The van der Waals surface area contributed by atoms with Crippen molar-refractivity contribution in [2.24, 2.45) is 4.99 Å². The monoisotopic (exact) mass is 414 g/mol. The molecule has 0 aromatic heterocycles. The Morgan fingerprint density at radius 2 is 2.18 bits per heavy atom. The van der Waals surface area contributed by atoms with Gasteiger partial charge < -0.3 is 16.0 Å². The van der Waals surface area contributed by atoms with Crippen molar-refractivity contribution in [3.63, 3.8) is 0 Å². The molecule has 1 unspecified atom stereocenters. The first kappa shape index (κ1) is 20.2. The highest BCUT2D eigenvalue weighted by Crippen LogP contribution is 2.09. The molecule has 22 heavy (non-hydrogen) atoms. The summed E-state index contributed by atoms with van der Waals surface area (Å²) in [7, 11) is 1.67. The van der Waals surface area contributed by atoms with E-state index in [4.69, 9.17) is 6.42 Å². The molecule has 1 aromatic carbocycles. The molecular weight excluding hydrogens is 391 g/mol. The summed E-state index contributed by atoms with van der Waals surface area (Å²) in [5.41, 5.74) is 1.41. The summed E-state index contributed by atoms with van der Waals surface area (Å²) in [6, 6.07) is 7.47. The van der Waals surface area contributed by atoms with Crippen LogP contribution >= 0.6 is 24.0 Å². The van der Waals surface area contributed by atoms with Gasteiger partial charge in [0.2, 0.25) is 5.91 Å². The topological polar surface area (TPSA) is 65.5 Å². The average Bonchev–Trinajstić information content (AvgIpc) is 2.51. The summed E-state index contributed by atoms with van der Waals surface area (Å²) in [5, 5.41) is 8.94. The van der Waals surface area contributed by atoms with E-state index in [2.05, 4.69) is 40.7 Å². The third-order valence-corrected chi connectivity index (χ3v) is 2.95. The maximum Gasteiger partial charge on any atom is 0.243 e. The van der Waals surface area contributed by atoms with E-state index in [9.17, 15) is 4.79 Å². The van der Waals surface area contributed by atoms with Gasteiger partial charge >= 0.3 is 0 Å². The Hall–Kier alpha value is -1.75. The van der Waals surface area contributed by atoms with Gasteiger partial charge in [-0.3, -0.25) is 9.79 Å². The standard InChI is InChI=1S/C16H22N4O.HI/c1-5-12(3)19-16(17-4)18-11-15(21)20-14-9-7-8-13(6-2)10-14;/h2,7-10,12H,5,11H2,1,3-4H3,(H,20,21)(H2,17,18,19);1H. The molecule has 0 spiro atoms. The lowest BCUT2D eigenvalue weighted by molar-refractivity contribution is -0.115. The SMILES string of the molecule is C#Cc1cccc(NC(=O)CNC(=NC)NC(C)CC)c1.I. The van der Waals surface area contributed by atoms with E-state index in [1.165, 1.54) is 0 Å². The summed E-state index contributed by atoms with van der Waals surface area (Å²) < 4.78 is 0. The second-order valence-corrected chi connectivity index (χ2v) is 4.65. The Bertz CT molecular complexity index is 551. The number of carbonyl (C=O) groups is 1. The lowest BCUT2D eigenvalue weighted by Gasteiger charge is -2.16. The minimum absolute atomic E-state index is 0. The van der Waals surface area contributed by atoms with Crippen molar-refractivity contribution in [3.05, 3.63) is 29.8 Å². The van der Waals surface area contributed by atoms with Crippen molar-refractivity contribution in [2.75, 3.05) is 18.9 Å². The third-order valence-electron chi connectivity index (χ3n) is 2.95. The molecule has 0 aliphatic rings. The Morgan fingerprint density at radius 3 is 2.77 bits per heavy atom. The highest BCUT2D eigenvalue weighted by Gasteiger charge is 2.06. The molecule has 0 saturated carbocycles. The van der Waals surface area contributed by atoms with Gasteiger partial charge in [0.05, 0.1) is 6.54 Å². The molecule has 0 radical (unpaired) electrons. The largest absolute Gasteiger partial charge is 0.354 e. The smallest absolute Gasteiger partial charge is 0.243 e. The summed E-state index contributed by atoms with van der Waals surface area (Å²) >= 11 is 0. The number of amides is 1. The molecule has 0 aliphatic heterocycles. The predicted octanol–water partition coefficient (Wildman–Crippen LogP) is 2.19. The molecule has 0 aliphatic carbocycles. The summed E-state index contributed by atoms with van der Waals surface area (Å²) in [6.45, 7) is 4.27. The van der Waals surface area contributed by atoms with Gasteiger partial charge in [0.15, 0.2) is 5.96 Å². The van der Waals surface area contributed by atoms with Crippen LogP contribution < -0.4 is 16.0 Å². The summed E-state index contributed by atoms with van der Waals surface area (Å²) in [5.74, 6) is 2.98. The Balaban J connectivity index is 0.00000441. The number of anilines is 1. The van der Waals surface area contributed by atoms with Crippen LogP contribution in [-0.4, -0.2) is 31.5 Å². The number of benzene rings is 1. The third kappa shape index (κ3) is 7.31. The van der Waals surface area contributed by atoms with Crippen molar-refractivity contribution in [1.29, 1.82) is 0 Å². The molecule has 3 N–H and O–H groups in total. The maximum atomic E-state index is 11.9. The number of hydrogen-bond acceptors (Lipinski definition) is 2. The number of terminal acetylenes is 1. The van der Waals surface area contributed by atoms with Crippen LogP contribution in [0.25, 0.3) is 0 Å². The zero-order valence-corrected chi connectivity index (χ0v) is 15.5. The number of rotatable bonds is 5. The van der Waals surface area contributed by atoms with Gasteiger partial charge in [-0.15, -0.1) is 30.4 Å². The zero-order valence-electron chi connectivity index (χ0n) is 13.1. The Kier molecular flexibility index (Phi) is 10.0. The van der Waals surface area contributed by atoms with Gasteiger partial charge in [-0.25, -0.2) is 0 Å². The fourth-order valence-electron chi connectivity index (χ4n) is 1.59. The lowest BCUT2D eigenvalue weighted by Crippen LogP contribution is -2.44. The molecule has 5 nitrogen and oxygen atoms in total. The van der Waals surface area contributed by atoms with E-state index in [1.54, 1.807) is 19.2 Å². The van der Waals surface area contributed by atoms with Gasteiger partial charge in [0, 0.05) is 24.3 Å². The first-order valence-electron chi connectivity index (χ1n) is 6.92. The summed E-state index contributed by atoms with van der Waals surface area (Å²) in [4.78, 5) is 15.9. The maximum absolute atomic E-state index is 11.9. The fourth-order valence-corrected chi connectivity index (χ4v) is 1.59. The van der Waals surface area contributed by atoms with Crippen LogP contribution in [0.2, 0.25) is 0 Å². The Labute approximate surface area is 149 Å². The fraction of sp³-hybridized carbons (Fsp3) is 0.375. The molecule has 120 valence electrons. The molecule has 1 aromatic rings. The van der Waals surface area contributed by atoms with E-state index in [1.807, 2.05) is 12.1 Å². The van der Waals surface area contributed by atoms with Gasteiger partial charge in [0.1, 0.15) is 0 Å². The van der Waals surface area contributed by atoms with Gasteiger partial charge in [0.25, 0.3) is 0 Å². The van der Waals surface area contributed by atoms with Crippen LogP contribution in [0, 0.1) is 12.3 Å². The predicted molar refractivity (Wildman–Crippen MR) is 103 cm³/mol. The second kappa shape index (κ2) is 10.9. The molecule has 0 fully saturated rings. The molecule has 1 rings (SSSR count). The minimum Gasteiger partial charge on any atom is -0.354 e. The molecule has 6 heteroatoms. The van der Waals surface area contributed by atoms with Gasteiger partial charge in [-0.05, 0) is 31.5 Å². The van der Waals surface area contributed by atoms with Crippen molar-refractivity contribution >= 4 is 41.5 Å². The molecule has 0 bridgehead atoms. The van der Waals surface area contributed by atoms with Crippen molar-refractivity contribution in [3.8, 4) is 12.3 Å². The van der Waals surface area contributed by atoms with Crippen LogP contribution in [-0.2, 0) is 4.79 Å². The number of guanidine groups is 1. The highest BCUT2D eigenvalue weighted by molar-refractivity contribution is 14.0. The molecular formula is C16H23IN4O. The highest BCUT2D eigenvalue weighted by atomic mass is 127. The number of nitrogens with zero attached hydrogens (tertiary/aromatic N) is 1. The Morgan fingerprint density at radius 1 is 1.45 bits per heavy atom. The van der Waals surface area contributed by atoms with E-state index in [0.29, 0.717) is 17.7 Å². The minimum atomic E-state index is -0.156. The van der Waals surface area contributed by atoms with E-state index in [-0.39, 0.29) is 36.4 Å². The zero-order chi connectivity index (χ0) is 15.7.